The number of fused-ring (bicyclic) bond motifs is 3. The van der Waals surface area contributed by atoms with Gasteiger partial charge in [-0.25, -0.2) is 0 Å². The van der Waals surface area contributed by atoms with E-state index in [2.05, 4.69) is 31.2 Å². The SMILES string of the molecule is CC(=O)C1=C(O)C[C@@H]2C[C@@H]3Cc4c(C(C)C)cc(CC(C)Cc5ccc(C)cc5)c(O)c4C(=O)C3=C(O)[C@]2(O)C1=O. The number of ketones is 3. The van der Waals surface area contributed by atoms with Gasteiger partial charge in [0.25, 0.3) is 0 Å². The number of aryl methyl sites for hydroxylation is 1. The maximum Gasteiger partial charge on any atom is 0.209 e. The normalized spacial score (nSPS) is 24.8. The van der Waals surface area contributed by atoms with E-state index in [4.69, 9.17) is 0 Å². The van der Waals surface area contributed by atoms with E-state index in [9.17, 15) is 34.8 Å². The molecule has 3 aliphatic carbocycles. The minimum atomic E-state index is -2.48. The van der Waals surface area contributed by atoms with Gasteiger partial charge in [-0.05, 0) is 79.5 Å². The molecule has 2 aromatic rings. The molecule has 0 aliphatic heterocycles. The molecule has 0 aromatic heterocycles. The lowest BCUT2D eigenvalue weighted by Gasteiger charge is -2.46. The first kappa shape index (κ1) is 28.8. The van der Waals surface area contributed by atoms with Crippen molar-refractivity contribution in [2.45, 2.75) is 78.2 Å². The Bertz CT molecular complexity index is 1530. The standard InChI is InChI=1S/C34H38O7/c1-16(2)24-14-22(11-18(4)10-20-8-6-17(3)7-9-20)30(37)29-25(24)13-21-12-23-15-26(36)27(19(5)35)32(39)34(23,41)33(40)28(21)31(29)38/h6-9,14,16,18,21,23,36-37,40-41H,10-13,15H2,1-5H3/t18?,21-,23+,34-/m1/s1. The van der Waals surface area contributed by atoms with Gasteiger partial charge < -0.3 is 20.4 Å². The maximum atomic E-state index is 14.1. The fourth-order valence-electron chi connectivity index (χ4n) is 7.13. The number of allylic oxidation sites excluding steroid dienone is 2. The minimum absolute atomic E-state index is 0.0596. The van der Waals surface area contributed by atoms with E-state index >= 15 is 0 Å². The van der Waals surface area contributed by atoms with Crippen LogP contribution in [-0.2, 0) is 28.9 Å². The van der Waals surface area contributed by atoms with E-state index in [1.165, 1.54) is 11.1 Å². The summed E-state index contributed by atoms with van der Waals surface area (Å²) in [5.41, 5.74) is 1.67. The lowest BCUT2D eigenvalue weighted by atomic mass is 9.59. The molecule has 4 atom stereocenters. The molecule has 5 rings (SSSR count). The quantitative estimate of drug-likeness (QED) is 0.342. The van der Waals surface area contributed by atoms with E-state index in [-0.39, 0.29) is 41.6 Å². The number of benzene rings is 2. The Balaban J connectivity index is 1.57. The summed E-state index contributed by atoms with van der Waals surface area (Å²) in [5.74, 6) is -4.89. The number of aliphatic hydroxyl groups excluding tert-OH is 2. The van der Waals surface area contributed by atoms with Gasteiger partial charge in [0.1, 0.15) is 22.8 Å². The largest absolute Gasteiger partial charge is 0.511 e. The van der Waals surface area contributed by atoms with Crippen molar-refractivity contribution in [3.63, 3.8) is 0 Å². The van der Waals surface area contributed by atoms with Crippen LogP contribution in [0.2, 0.25) is 0 Å². The summed E-state index contributed by atoms with van der Waals surface area (Å²) in [6, 6.07) is 10.3. The summed E-state index contributed by atoms with van der Waals surface area (Å²) < 4.78 is 0. The zero-order chi connectivity index (χ0) is 30.0. The second kappa shape index (κ2) is 10.3. The fourth-order valence-corrected chi connectivity index (χ4v) is 7.13. The van der Waals surface area contributed by atoms with Crippen LogP contribution < -0.4 is 0 Å². The lowest BCUT2D eigenvalue weighted by Crippen LogP contribution is -2.56. The zero-order valence-electron chi connectivity index (χ0n) is 24.2. The maximum absolute atomic E-state index is 14.1. The van der Waals surface area contributed by atoms with Crippen molar-refractivity contribution in [3.8, 4) is 5.75 Å². The molecule has 0 heterocycles. The second-order valence-electron chi connectivity index (χ2n) is 12.6. The number of aromatic hydroxyl groups is 1. The van der Waals surface area contributed by atoms with Crippen LogP contribution in [0.1, 0.15) is 84.6 Å². The number of rotatable bonds is 6. The summed E-state index contributed by atoms with van der Waals surface area (Å²) in [7, 11) is 0. The smallest absolute Gasteiger partial charge is 0.209 e. The van der Waals surface area contributed by atoms with Gasteiger partial charge >= 0.3 is 0 Å². The van der Waals surface area contributed by atoms with Crippen molar-refractivity contribution in [3.05, 3.63) is 86.4 Å². The Labute approximate surface area is 240 Å². The van der Waals surface area contributed by atoms with Crippen LogP contribution in [0, 0.1) is 24.7 Å². The molecule has 3 aliphatic rings. The number of phenolic OH excluding ortho intramolecular Hbond substituents is 1. The molecule has 216 valence electrons. The fraction of sp³-hybridized carbons (Fsp3) is 0.441. The van der Waals surface area contributed by atoms with Gasteiger partial charge in [0.05, 0.1) is 5.56 Å². The van der Waals surface area contributed by atoms with Crippen LogP contribution in [0.15, 0.2) is 53.0 Å². The van der Waals surface area contributed by atoms with Gasteiger partial charge in [0.15, 0.2) is 17.2 Å². The zero-order valence-corrected chi connectivity index (χ0v) is 24.2. The van der Waals surface area contributed by atoms with E-state index < -0.39 is 51.9 Å². The van der Waals surface area contributed by atoms with Crippen molar-refractivity contribution in [1.29, 1.82) is 0 Å². The number of hydrogen-bond donors (Lipinski definition) is 4. The molecule has 41 heavy (non-hydrogen) atoms. The Hall–Kier alpha value is -3.71. The van der Waals surface area contributed by atoms with Crippen LogP contribution in [-0.4, -0.2) is 43.4 Å². The Morgan fingerprint density at radius 1 is 1.02 bits per heavy atom. The molecule has 0 bridgehead atoms. The van der Waals surface area contributed by atoms with Gasteiger partial charge in [-0.3, -0.25) is 14.4 Å². The van der Waals surface area contributed by atoms with Gasteiger partial charge in [-0.2, -0.15) is 0 Å². The van der Waals surface area contributed by atoms with E-state index in [0.29, 0.717) is 18.4 Å². The third-order valence-electron chi connectivity index (χ3n) is 9.18. The number of carbonyl (C=O) groups excluding carboxylic acids is 3. The van der Waals surface area contributed by atoms with E-state index in [1.54, 1.807) is 0 Å². The number of aliphatic hydroxyl groups is 3. The molecule has 0 saturated carbocycles. The van der Waals surface area contributed by atoms with Crippen molar-refractivity contribution in [1.82, 2.24) is 0 Å². The van der Waals surface area contributed by atoms with Crippen LogP contribution in [0.5, 0.6) is 5.75 Å². The van der Waals surface area contributed by atoms with Crippen LogP contribution >= 0.6 is 0 Å². The highest BCUT2D eigenvalue weighted by Gasteiger charge is 2.59. The van der Waals surface area contributed by atoms with Gasteiger partial charge in [0, 0.05) is 17.9 Å². The van der Waals surface area contributed by atoms with Gasteiger partial charge in [0.2, 0.25) is 5.78 Å². The molecule has 0 amide bonds. The average molecular weight is 559 g/mol. The molecule has 7 nitrogen and oxygen atoms in total. The number of phenols is 1. The van der Waals surface area contributed by atoms with Gasteiger partial charge in [-0.15, -0.1) is 0 Å². The third kappa shape index (κ3) is 4.60. The first-order valence-electron chi connectivity index (χ1n) is 14.4. The van der Waals surface area contributed by atoms with Crippen molar-refractivity contribution < 1.29 is 34.8 Å². The lowest BCUT2D eigenvalue weighted by molar-refractivity contribution is -0.144. The van der Waals surface area contributed by atoms with Crippen LogP contribution in [0.4, 0.5) is 0 Å². The summed E-state index contributed by atoms with van der Waals surface area (Å²) >= 11 is 0. The highest BCUT2D eigenvalue weighted by Crippen LogP contribution is 2.52. The van der Waals surface area contributed by atoms with Crippen molar-refractivity contribution >= 4 is 17.3 Å². The molecule has 7 heteroatoms. The molecular weight excluding hydrogens is 520 g/mol. The average Bonchev–Trinajstić information content (AvgIpc) is 2.88. The highest BCUT2D eigenvalue weighted by molar-refractivity contribution is 6.25. The Morgan fingerprint density at radius 3 is 2.29 bits per heavy atom. The molecule has 0 fully saturated rings. The topological polar surface area (TPSA) is 132 Å². The first-order chi connectivity index (χ1) is 19.2. The van der Waals surface area contributed by atoms with Crippen molar-refractivity contribution in [2.24, 2.45) is 17.8 Å². The first-order valence-corrected chi connectivity index (χ1v) is 14.4. The monoisotopic (exact) mass is 558 g/mol. The predicted octanol–water partition coefficient (Wildman–Crippen LogP) is 5.54. The van der Waals surface area contributed by atoms with Gasteiger partial charge in [-0.1, -0.05) is 56.7 Å². The predicted molar refractivity (Wildman–Crippen MR) is 154 cm³/mol. The molecular formula is C34H38O7. The van der Waals surface area contributed by atoms with E-state index in [1.807, 2.05) is 26.8 Å². The second-order valence-corrected chi connectivity index (χ2v) is 12.6. The summed E-state index contributed by atoms with van der Waals surface area (Å²) in [4.78, 5) is 39.5. The molecule has 4 N–H and O–H groups in total. The van der Waals surface area contributed by atoms with Crippen LogP contribution in [0.25, 0.3) is 0 Å². The Morgan fingerprint density at radius 2 is 1.68 bits per heavy atom. The third-order valence-corrected chi connectivity index (χ3v) is 9.18. The van der Waals surface area contributed by atoms with E-state index in [0.717, 1.165) is 24.5 Å². The summed E-state index contributed by atoms with van der Waals surface area (Å²) in [6.45, 7) is 9.31. The highest BCUT2D eigenvalue weighted by atomic mass is 16.3. The van der Waals surface area contributed by atoms with Crippen molar-refractivity contribution in [2.75, 3.05) is 0 Å². The van der Waals surface area contributed by atoms with Crippen LogP contribution in [0.3, 0.4) is 0 Å². The minimum Gasteiger partial charge on any atom is -0.511 e. The summed E-state index contributed by atoms with van der Waals surface area (Å²) in [6.07, 6.45) is 1.67. The molecule has 2 aromatic carbocycles. The summed E-state index contributed by atoms with van der Waals surface area (Å²) in [5, 5.41) is 44.9. The number of hydrogen-bond acceptors (Lipinski definition) is 7. The molecule has 0 spiro atoms. The number of carbonyl (C=O) groups is 3. The molecule has 1 unspecified atom stereocenters. The Kier molecular flexibility index (Phi) is 7.23. The molecule has 0 radical (unpaired) electrons. The molecule has 0 saturated heterocycles. The number of Topliss-reactive ketones (excluding diaryl/α,β-unsaturated/α-hetero) is 3.